The average molecular weight is 408 g/mol. The minimum absolute atomic E-state index is 0.104. The first-order valence-corrected chi connectivity index (χ1v) is 8.97. The van der Waals surface area contributed by atoms with Crippen molar-refractivity contribution < 1.29 is 23.8 Å². The van der Waals surface area contributed by atoms with E-state index in [1.807, 2.05) is 0 Å². The molecule has 8 nitrogen and oxygen atoms in total. The van der Waals surface area contributed by atoms with Gasteiger partial charge in [0.1, 0.15) is 28.6 Å². The van der Waals surface area contributed by atoms with Crippen LogP contribution in [0.5, 0.6) is 5.75 Å². The maximum absolute atomic E-state index is 13.3. The lowest BCUT2D eigenvalue weighted by Gasteiger charge is -2.24. The van der Waals surface area contributed by atoms with Crippen molar-refractivity contribution in [2.75, 3.05) is 17.7 Å². The summed E-state index contributed by atoms with van der Waals surface area (Å²) in [5.74, 6) is -1.26. The lowest BCUT2D eigenvalue weighted by atomic mass is 10.0. The second-order valence-corrected chi connectivity index (χ2v) is 6.54. The molecule has 0 fully saturated rings. The number of nitrogens with one attached hydrogen (secondary N) is 2. The van der Waals surface area contributed by atoms with E-state index in [1.165, 1.54) is 36.2 Å². The summed E-state index contributed by atoms with van der Waals surface area (Å²) in [6.45, 7) is 0. The molecule has 0 bridgehead atoms. The predicted octanol–water partition coefficient (Wildman–Crippen LogP) is 3.27. The van der Waals surface area contributed by atoms with E-state index in [1.54, 1.807) is 36.4 Å². The average Bonchev–Trinajstić information content (AvgIpc) is 3.18. The minimum Gasteiger partial charge on any atom is -0.497 e. The van der Waals surface area contributed by atoms with Crippen LogP contribution in [-0.2, 0) is 4.79 Å². The number of anilines is 2. The summed E-state index contributed by atoms with van der Waals surface area (Å²) in [6.07, 6.45) is 2.81. The zero-order valence-corrected chi connectivity index (χ0v) is 15.8. The van der Waals surface area contributed by atoms with Crippen molar-refractivity contribution in [1.29, 1.82) is 0 Å². The van der Waals surface area contributed by atoms with Gasteiger partial charge in [-0.1, -0.05) is 18.2 Å². The summed E-state index contributed by atoms with van der Waals surface area (Å²) in [7, 11) is 1.52. The van der Waals surface area contributed by atoms with E-state index < -0.39 is 23.7 Å². The quantitative estimate of drug-likeness (QED) is 0.598. The number of hydrogen-bond acceptors (Lipinski definition) is 5. The number of allylic oxidation sites excluding steroid dienone is 1. The van der Waals surface area contributed by atoms with Gasteiger partial charge < -0.3 is 20.5 Å². The maximum Gasteiger partial charge on any atom is 0.352 e. The van der Waals surface area contributed by atoms with Gasteiger partial charge in [-0.05, 0) is 35.9 Å². The summed E-state index contributed by atoms with van der Waals surface area (Å²) in [5.41, 5.74) is 1.20. The van der Waals surface area contributed by atoms with Gasteiger partial charge in [-0.25, -0.2) is 13.9 Å². The molecule has 0 unspecified atom stereocenters. The molecular formula is C21H17FN4O4. The number of amides is 1. The SMILES string of the molecule is COc1cccc(NC(=O)c2cnn3c2NC(C(=O)O)=C[C@@H]3c2ccc(F)cc2)c1. The van der Waals surface area contributed by atoms with E-state index in [0.29, 0.717) is 17.0 Å². The fourth-order valence-corrected chi connectivity index (χ4v) is 3.18. The molecule has 2 aromatic carbocycles. The number of ether oxygens (including phenoxy) is 1. The fraction of sp³-hybridized carbons (Fsp3) is 0.0952. The van der Waals surface area contributed by atoms with Gasteiger partial charge in [0, 0.05) is 11.8 Å². The van der Waals surface area contributed by atoms with Gasteiger partial charge in [-0.3, -0.25) is 4.79 Å². The summed E-state index contributed by atoms with van der Waals surface area (Å²) >= 11 is 0. The van der Waals surface area contributed by atoms with E-state index >= 15 is 0 Å². The van der Waals surface area contributed by atoms with Gasteiger partial charge >= 0.3 is 5.97 Å². The highest BCUT2D eigenvalue weighted by molar-refractivity contribution is 6.08. The van der Waals surface area contributed by atoms with Crippen molar-refractivity contribution in [3.63, 3.8) is 0 Å². The smallest absolute Gasteiger partial charge is 0.352 e. The number of carbonyl (C=O) groups is 2. The van der Waals surface area contributed by atoms with Crippen molar-refractivity contribution >= 4 is 23.4 Å². The van der Waals surface area contributed by atoms with Crippen LogP contribution in [0.15, 0.2) is 66.5 Å². The third kappa shape index (κ3) is 3.60. The lowest BCUT2D eigenvalue weighted by molar-refractivity contribution is -0.132. The molecule has 1 aliphatic heterocycles. The van der Waals surface area contributed by atoms with Crippen molar-refractivity contribution in [2.24, 2.45) is 0 Å². The van der Waals surface area contributed by atoms with Gasteiger partial charge in [-0.15, -0.1) is 0 Å². The molecule has 0 spiro atoms. The number of carbonyl (C=O) groups excluding carboxylic acids is 1. The van der Waals surface area contributed by atoms with Crippen LogP contribution >= 0.6 is 0 Å². The Labute approximate surface area is 170 Å². The number of hydrogen-bond donors (Lipinski definition) is 3. The number of nitrogens with zero attached hydrogens (tertiary/aromatic N) is 2. The minimum atomic E-state index is -1.19. The molecule has 0 aliphatic carbocycles. The number of aliphatic carboxylic acids is 1. The molecular weight excluding hydrogens is 391 g/mol. The van der Waals surface area contributed by atoms with Crippen molar-refractivity contribution in [2.45, 2.75) is 6.04 Å². The van der Waals surface area contributed by atoms with E-state index in [2.05, 4.69) is 15.7 Å². The number of rotatable bonds is 5. The normalized spacial score (nSPS) is 14.9. The fourth-order valence-electron chi connectivity index (χ4n) is 3.18. The topological polar surface area (TPSA) is 105 Å². The number of fused-ring (bicyclic) bond motifs is 1. The number of carboxylic acid groups (broad SMARTS) is 1. The third-order valence-electron chi connectivity index (χ3n) is 4.65. The molecule has 9 heteroatoms. The van der Waals surface area contributed by atoms with Crippen LogP contribution in [0, 0.1) is 5.82 Å². The van der Waals surface area contributed by atoms with Crippen molar-refractivity contribution in [1.82, 2.24) is 9.78 Å². The highest BCUT2D eigenvalue weighted by atomic mass is 19.1. The third-order valence-corrected chi connectivity index (χ3v) is 4.65. The molecule has 3 N–H and O–H groups in total. The molecule has 0 radical (unpaired) electrons. The molecule has 2 heterocycles. The van der Waals surface area contributed by atoms with Crippen LogP contribution in [0.4, 0.5) is 15.9 Å². The van der Waals surface area contributed by atoms with Crippen molar-refractivity contribution in [3.05, 3.63) is 83.4 Å². The number of halogens is 1. The van der Waals surface area contributed by atoms with Crippen LogP contribution in [0.3, 0.4) is 0 Å². The summed E-state index contributed by atoms with van der Waals surface area (Å²) in [4.78, 5) is 24.5. The molecule has 1 atom stereocenters. The molecule has 0 saturated heterocycles. The molecule has 0 saturated carbocycles. The Kier molecular flexibility index (Phi) is 4.93. The summed E-state index contributed by atoms with van der Waals surface area (Å²) in [5, 5.41) is 19.3. The van der Waals surface area contributed by atoms with E-state index in [9.17, 15) is 19.1 Å². The van der Waals surface area contributed by atoms with E-state index in [-0.39, 0.29) is 17.1 Å². The molecule has 1 aliphatic rings. The largest absolute Gasteiger partial charge is 0.497 e. The number of benzene rings is 2. The van der Waals surface area contributed by atoms with Gasteiger partial charge in [-0.2, -0.15) is 5.10 Å². The summed E-state index contributed by atoms with van der Waals surface area (Å²) in [6, 6.07) is 11.9. The first-order valence-electron chi connectivity index (χ1n) is 8.97. The van der Waals surface area contributed by atoms with Gasteiger partial charge in [0.25, 0.3) is 5.91 Å². The number of methoxy groups -OCH3 is 1. The first-order chi connectivity index (χ1) is 14.5. The van der Waals surface area contributed by atoms with Gasteiger partial charge in [0.15, 0.2) is 0 Å². The van der Waals surface area contributed by atoms with Gasteiger partial charge in [0.2, 0.25) is 0 Å². The highest BCUT2D eigenvalue weighted by Crippen LogP contribution is 2.32. The van der Waals surface area contributed by atoms with Gasteiger partial charge in [0.05, 0.1) is 19.3 Å². The zero-order chi connectivity index (χ0) is 21.3. The summed E-state index contributed by atoms with van der Waals surface area (Å²) < 4.78 is 20.0. The Hall–Kier alpha value is -4.14. The van der Waals surface area contributed by atoms with Crippen LogP contribution in [0.2, 0.25) is 0 Å². The molecule has 4 rings (SSSR count). The molecule has 1 aromatic heterocycles. The standard InChI is InChI=1S/C21H17FN4O4/c1-30-15-4-2-3-14(9-15)24-20(27)16-11-23-26-18(12-5-7-13(22)8-6-12)10-17(21(28)29)25-19(16)26/h2-11,18,25H,1H3,(H,24,27)(H,28,29)/t18-/m1/s1. The number of aromatic nitrogens is 2. The Morgan fingerprint density at radius 3 is 2.70 bits per heavy atom. The van der Waals surface area contributed by atoms with Crippen LogP contribution in [-0.4, -0.2) is 33.9 Å². The van der Waals surface area contributed by atoms with E-state index in [4.69, 9.17) is 4.74 Å². The Morgan fingerprint density at radius 1 is 1.23 bits per heavy atom. The predicted molar refractivity (Wildman–Crippen MR) is 107 cm³/mol. The second kappa shape index (κ2) is 7.70. The van der Waals surface area contributed by atoms with E-state index in [0.717, 1.165) is 0 Å². The van der Waals surface area contributed by atoms with Crippen LogP contribution in [0.1, 0.15) is 22.0 Å². The first kappa shape index (κ1) is 19.2. The second-order valence-electron chi connectivity index (χ2n) is 6.54. The number of carboxylic acids is 1. The Balaban J connectivity index is 1.70. The molecule has 152 valence electrons. The highest BCUT2D eigenvalue weighted by Gasteiger charge is 2.29. The van der Waals surface area contributed by atoms with Crippen LogP contribution in [0.25, 0.3) is 0 Å². The Bertz CT molecular complexity index is 1150. The van der Waals surface area contributed by atoms with Crippen LogP contribution < -0.4 is 15.4 Å². The monoisotopic (exact) mass is 408 g/mol. The maximum atomic E-state index is 13.3. The molecule has 3 aromatic rings. The lowest BCUT2D eigenvalue weighted by Crippen LogP contribution is -2.25. The molecule has 1 amide bonds. The zero-order valence-electron chi connectivity index (χ0n) is 15.8. The van der Waals surface area contributed by atoms with Crippen molar-refractivity contribution in [3.8, 4) is 5.75 Å². The molecule has 30 heavy (non-hydrogen) atoms. The Morgan fingerprint density at radius 2 is 2.00 bits per heavy atom.